The number of hydrogen-bond acceptors (Lipinski definition) is 5. The first kappa shape index (κ1) is 21.4. The van der Waals surface area contributed by atoms with Crippen LogP contribution in [0.3, 0.4) is 0 Å². The number of anilines is 1. The van der Waals surface area contributed by atoms with E-state index >= 15 is 0 Å². The van der Waals surface area contributed by atoms with Crippen LogP contribution in [0.5, 0.6) is 0 Å². The lowest BCUT2D eigenvalue weighted by atomic mass is 9.94. The zero-order valence-corrected chi connectivity index (χ0v) is 18.7. The Kier molecular flexibility index (Phi) is 6.27. The molecule has 1 aliphatic carbocycles. The monoisotopic (exact) mass is 424 g/mol. The van der Waals surface area contributed by atoms with Gasteiger partial charge in [0, 0.05) is 45.5 Å². The van der Waals surface area contributed by atoms with E-state index in [1.807, 2.05) is 10.6 Å². The Bertz CT molecular complexity index is 1170. The summed E-state index contributed by atoms with van der Waals surface area (Å²) in [5.41, 5.74) is 2.60. The van der Waals surface area contributed by atoms with Crippen LogP contribution in [0.15, 0.2) is 40.2 Å². The molecule has 1 aromatic carbocycles. The summed E-state index contributed by atoms with van der Waals surface area (Å²) >= 11 is 0. The fraction of sp³-hybridized carbons (Fsp3) is 0.522. The number of benzene rings is 1. The quantitative estimate of drug-likeness (QED) is 0.630. The minimum atomic E-state index is -0.364. The van der Waals surface area contributed by atoms with Gasteiger partial charge >= 0.3 is 5.69 Å². The molecule has 1 fully saturated rings. The molecular formula is C23H32N6O2. The maximum Gasteiger partial charge on any atom is 0.332 e. The molecule has 0 spiro atoms. The van der Waals surface area contributed by atoms with Crippen molar-refractivity contribution in [2.75, 3.05) is 18.9 Å². The van der Waals surface area contributed by atoms with Gasteiger partial charge in [-0.05, 0) is 31.5 Å². The predicted octanol–water partition coefficient (Wildman–Crippen LogP) is 2.31. The van der Waals surface area contributed by atoms with Gasteiger partial charge in [0.05, 0.1) is 6.33 Å². The molecule has 0 bridgehead atoms. The molecule has 0 aliphatic heterocycles. The van der Waals surface area contributed by atoms with E-state index in [9.17, 15) is 9.59 Å². The number of nitrogens with zero attached hydrogens (tertiary/aromatic N) is 5. The first-order valence-electron chi connectivity index (χ1n) is 11.1. The molecule has 8 heteroatoms. The summed E-state index contributed by atoms with van der Waals surface area (Å²) < 4.78 is 4.36. The van der Waals surface area contributed by atoms with Gasteiger partial charge in [-0.15, -0.1) is 0 Å². The number of fused-ring (bicyclic) bond motifs is 1. The Labute approximate surface area is 182 Å². The smallest absolute Gasteiger partial charge is 0.332 e. The number of hydrogen-bond donors (Lipinski definition) is 1. The number of rotatable bonds is 7. The van der Waals surface area contributed by atoms with Crippen molar-refractivity contribution in [3.63, 3.8) is 0 Å². The molecule has 0 saturated heterocycles. The summed E-state index contributed by atoms with van der Waals surface area (Å²) in [5, 5.41) is 3.53. The van der Waals surface area contributed by atoms with Gasteiger partial charge < -0.3 is 9.88 Å². The van der Waals surface area contributed by atoms with E-state index in [1.54, 1.807) is 13.4 Å². The highest BCUT2D eigenvalue weighted by molar-refractivity contribution is 5.70. The van der Waals surface area contributed by atoms with E-state index < -0.39 is 0 Å². The lowest BCUT2D eigenvalue weighted by molar-refractivity contribution is 0.185. The Hall–Kier alpha value is -2.87. The van der Waals surface area contributed by atoms with Crippen molar-refractivity contribution in [2.24, 2.45) is 14.1 Å². The molecule has 31 heavy (non-hydrogen) atoms. The predicted molar refractivity (Wildman–Crippen MR) is 123 cm³/mol. The normalized spacial score (nSPS) is 15.1. The van der Waals surface area contributed by atoms with Crippen molar-refractivity contribution >= 4 is 16.9 Å². The van der Waals surface area contributed by atoms with Crippen LogP contribution in [-0.2, 0) is 27.2 Å². The molecule has 0 radical (unpaired) electrons. The van der Waals surface area contributed by atoms with E-state index in [0.717, 1.165) is 16.8 Å². The average molecular weight is 425 g/mol. The van der Waals surface area contributed by atoms with Gasteiger partial charge in [-0.1, -0.05) is 37.5 Å². The second-order valence-electron chi connectivity index (χ2n) is 8.61. The van der Waals surface area contributed by atoms with Crippen molar-refractivity contribution in [1.29, 1.82) is 0 Å². The summed E-state index contributed by atoms with van der Waals surface area (Å²) in [6.07, 6.45) is 8.24. The van der Waals surface area contributed by atoms with Crippen molar-refractivity contribution in [2.45, 2.75) is 51.2 Å². The highest BCUT2D eigenvalue weighted by atomic mass is 16.2. The number of para-hydroxylation sites is 1. The molecule has 166 valence electrons. The molecule has 2 heterocycles. The van der Waals surface area contributed by atoms with E-state index in [1.165, 1.54) is 49.3 Å². The first-order valence-corrected chi connectivity index (χ1v) is 11.1. The molecule has 2 aromatic heterocycles. The van der Waals surface area contributed by atoms with Crippen LogP contribution in [0, 0.1) is 0 Å². The molecule has 4 rings (SSSR count). The second kappa shape index (κ2) is 9.09. The summed E-state index contributed by atoms with van der Waals surface area (Å²) in [7, 11) is 5.36. The van der Waals surface area contributed by atoms with Gasteiger partial charge in [0.15, 0.2) is 11.2 Å². The summed E-state index contributed by atoms with van der Waals surface area (Å²) in [6, 6.07) is 9.09. The van der Waals surface area contributed by atoms with Crippen LogP contribution >= 0.6 is 0 Å². The van der Waals surface area contributed by atoms with E-state index in [0.29, 0.717) is 30.3 Å². The highest BCUT2D eigenvalue weighted by Crippen LogP contribution is 2.24. The SMILES string of the molecule is CN(Cc1ccccc1NCCn1cnc2c1c(=O)n(C)c(=O)n2C)C1CCCCC1. The van der Waals surface area contributed by atoms with Gasteiger partial charge in [-0.25, -0.2) is 9.78 Å². The van der Waals surface area contributed by atoms with Crippen LogP contribution in [0.2, 0.25) is 0 Å². The van der Waals surface area contributed by atoms with Gasteiger partial charge in [-0.2, -0.15) is 0 Å². The van der Waals surface area contributed by atoms with Crippen molar-refractivity contribution in [3.8, 4) is 0 Å². The number of aryl methyl sites for hydroxylation is 1. The van der Waals surface area contributed by atoms with E-state index in [2.05, 4.69) is 40.4 Å². The molecule has 1 aliphatic rings. The third-order valence-corrected chi connectivity index (χ3v) is 6.52. The fourth-order valence-electron chi connectivity index (χ4n) is 4.63. The third kappa shape index (κ3) is 4.30. The zero-order chi connectivity index (χ0) is 22.0. The standard InChI is InChI=1S/C23H32N6O2/c1-26(18-10-5-4-6-11-18)15-17-9-7-8-12-19(17)24-13-14-29-16-25-21-20(29)22(30)28(3)23(31)27(21)2/h7-9,12,16,18,24H,4-6,10-11,13-15H2,1-3H3. The van der Waals surface area contributed by atoms with Gasteiger partial charge in [0.1, 0.15) is 0 Å². The summed E-state index contributed by atoms with van der Waals surface area (Å²) in [5.74, 6) is 0. The third-order valence-electron chi connectivity index (χ3n) is 6.52. The number of nitrogens with one attached hydrogen (secondary N) is 1. The lowest BCUT2D eigenvalue weighted by Crippen LogP contribution is -2.37. The Morgan fingerprint density at radius 3 is 2.61 bits per heavy atom. The first-order chi connectivity index (χ1) is 15.0. The molecular weight excluding hydrogens is 392 g/mol. The minimum absolute atomic E-state index is 0.315. The molecule has 0 amide bonds. The molecule has 1 saturated carbocycles. The zero-order valence-electron chi connectivity index (χ0n) is 18.7. The van der Waals surface area contributed by atoms with Crippen molar-refractivity contribution in [1.82, 2.24) is 23.6 Å². The lowest BCUT2D eigenvalue weighted by Gasteiger charge is -2.31. The second-order valence-corrected chi connectivity index (χ2v) is 8.61. The molecule has 0 unspecified atom stereocenters. The van der Waals surface area contributed by atoms with Gasteiger partial charge in [-0.3, -0.25) is 18.8 Å². The fourth-order valence-corrected chi connectivity index (χ4v) is 4.63. The van der Waals surface area contributed by atoms with E-state index in [4.69, 9.17) is 0 Å². The Morgan fingerprint density at radius 1 is 1.10 bits per heavy atom. The molecule has 1 N–H and O–H groups in total. The number of imidazole rings is 1. The number of aromatic nitrogens is 4. The largest absolute Gasteiger partial charge is 0.383 e. The maximum atomic E-state index is 12.6. The molecule has 3 aromatic rings. The highest BCUT2D eigenvalue weighted by Gasteiger charge is 2.19. The summed E-state index contributed by atoms with van der Waals surface area (Å²) in [4.78, 5) is 31.5. The van der Waals surface area contributed by atoms with Gasteiger partial charge in [0.25, 0.3) is 5.56 Å². The van der Waals surface area contributed by atoms with Gasteiger partial charge in [0.2, 0.25) is 0 Å². The topological polar surface area (TPSA) is 77.1 Å². The Morgan fingerprint density at radius 2 is 1.84 bits per heavy atom. The van der Waals surface area contributed by atoms with Crippen LogP contribution in [0.4, 0.5) is 5.69 Å². The minimum Gasteiger partial charge on any atom is -0.383 e. The van der Waals surface area contributed by atoms with Crippen LogP contribution in [-0.4, -0.2) is 43.2 Å². The molecule has 0 atom stereocenters. The van der Waals surface area contributed by atoms with E-state index in [-0.39, 0.29) is 11.2 Å². The maximum absolute atomic E-state index is 12.6. The Balaban J connectivity index is 1.46. The summed E-state index contributed by atoms with van der Waals surface area (Å²) in [6.45, 7) is 2.16. The average Bonchev–Trinajstić information content (AvgIpc) is 3.22. The van der Waals surface area contributed by atoms with Crippen LogP contribution < -0.4 is 16.6 Å². The molecule has 8 nitrogen and oxygen atoms in total. The van der Waals surface area contributed by atoms with Crippen molar-refractivity contribution < 1.29 is 0 Å². The van der Waals surface area contributed by atoms with Crippen molar-refractivity contribution in [3.05, 3.63) is 57.0 Å². The van der Waals surface area contributed by atoms with Crippen LogP contribution in [0.1, 0.15) is 37.7 Å². The van der Waals surface area contributed by atoms with Crippen LogP contribution in [0.25, 0.3) is 11.2 Å².